The molecule has 0 unspecified atom stereocenters. The van der Waals surface area contributed by atoms with Crippen molar-refractivity contribution in [3.8, 4) is 0 Å². The molecule has 4 rings (SSSR count). The molecule has 2 aromatic heterocycles. The summed E-state index contributed by atoms with van der Waals surface area (Å²) in [6.45, 7) is 1.63. The smallest absolute Gasteiger partial charge is 0.300 e. The van der Waals surface area contributed by atoms with E-state index in [-0.39, 0.29) is 0 Å². The third kappa shape index (κ3) is 1.76. The first-order valence-electron chi connectivity index (χ1n) is 6.04. The van der Waals surface area contributed by atoms with Crippen molar-refractivity contribution < 1.29 is 4.42 Å². The predicted octanol–water partition coefficient (Wildman–Crippen LogP) is 3.40. The van der Waals surface area contributed by atoms with Crippen LogP contribution in [0.4, 0.5) is 6.01 Å². The molecule has 0 aliphatic carbocycles. The quantitative estimate of drug-likeness (QED) is 0.636. The summed E-state index contributed by atoms with van der Waals surface area (Å²) in [6.07, 6.45) is 0. The van der Waals surface area contributed by atoms with Gasteiger partial charge in [-0.05, 0) is 23.3 Å². The van der Waals surface area contributed by atoms with E-state index in [9.17, 15) is 0 Å². The van der Waals surface area contributed by atoms with Crippen molar-refractivity contribution in [1.29, 1.82) is 0 Å². The van der Waals surface area contributed by atoms with E-state index < -0.39 is 0 Å². The van der Waals surface area contributed by atoms with Gasteiger partial charge in [0.2, 0.25) is 5.65 Å². The van der Waals surface area contributed by atoms with E-state index in [0.717, 1.165) is 13.1 Å². The Kier molecular flexibility index (Phi) is 2.26. The summed E-state index contributed by atoms with van der Waals surface area (Å²) in [5.74, 6) is 0. The van der Waals surface area contributed by atoms with Gasteiger partial charge in [0, 0.05) is 13.1 Å². The maximum absolute atomic E-state index is 5.85. The summed E-state index contributed by atoms with van der Waals surface area (Å²) < 4.78 is 5.73. The van der Waals surface area contributed by atoms with Crippen LogP contribution in [0.15, 0.2) is 40.8 Å². The lowest BCUT2D eigenvalue weighted by atomic mass is 10.1. The average Bonchev–Trinajstić information content (AvgIpc) is 3.00. The second-order valence-corrected chi connectivity index (χ2v) is 4.96. The number of nitrogens with zero attached hydrogens (tertiary/aromatic N) is 3. The molecule has 0 N–H and O–H groups in total. The van der Waals surface area contributed by atoms with Crippen molar-refractivity contribution in [2.24, 2.45) is 0 Å². The highest BCUT2D eigenvalue weighted by molar-refractivity contribution is 6.29. The summed E-state index contributed by atoms with van der Waals surface area (Å²) in [5, 5.41) is 0.428. The maximum Gasteiger partial charge on any atom is 0.300 e. The fraction of sp³-hybridized carbons (Fsp3) is 0.143. The van der Waals surface area contributed by atoms with Crippen molar-refractivity contribution in [2.75, 3.05) is 4.90 Å². The molecule has 5 heteroatoms. The lowest BCUT2D eigenvalue weighted by Gasteiger charge is -2.10. The highest BCUT2D eigenvalue weighted by Gasteiger charge is 2.22. The third-order valence-corrected chi connectivity index (χ3v) is 3.53. The number of aromatic nitrogens is 2. The first-order valence-corrected chi connectivity index (χ1v) is 6.42. The van der Waals surface area contributed by atoms with Crippen LogP contribution in [0.1, 0.15) is 11.1 Å². The Morgan fingerprint density at radius 2 is 1.74 bits per heavy atom. The van der Waals surface area contributed by atoms with Gasteiger partial charge in [0.15, 0.2) is 5.58 Å². The molecule has 1 aromatic carbocycles. The number of oxazole rings is 1. The molecule has 1 aliphatic heterocycles. The molecule has 0 bridgehead atoms. The van der Waals surface area contributed by atoms with Crippen LogP contribution >= 0.6 is 11.6 Å². The number of hydrogen-bond acceptors (Lipinski definition) is 4. The second kappa shape index (κ2) is 3.96. The topological polar surface area (TPSA) is 42.2 Å². The van der Waals surface area contributed by atoms with E-state index in [1.54, 1.807) is 12.1 Å². The monoisotopic (exact) mass is 271 g/mol. The molecule has 0 fully saturated rings. The van der Waals surface area contributed by atoms with E-state index in [1.807, 2.05) is 0 Å². The van der Waals surface area contributed by atoms with Gasteiger partial charge in [-0.25, -0.2) is 4.98 Å². The fourth-order valence-electron chi connectivity index (χ4n) is 2.39. The molecule has 0 atom stereocenters. The van der Waals surface area contributed by atoms with Gasteiger partial charge >= 0.3 is 6.01 Å². The van der Waals surface area contributed by atoms with Gasteiger partial charge in [-0.3, -0.25) is 0 Å². The first-order chi connectivity index (χ1) is 9.29. The van der Waals surface area contributed by atoms with Crippen LogP contribution in [-0.2, 0) is 13.1 Å². The van der Waals surface area contributed by atoms with E-state index in [2.05, 4.69) is 39.1 Å². The molecule has 94 valence electrons. The lowest BCUT2D eigenvalue weighted by Crippen LogP contribution is -2.14. The standard InChI is InChI=1S/C14H10ClN3O/c15-12-6-5-11-13(16-12)17-14(19-11)18-7-9-3-1-2-4-10(9)8-18/h1-6H,7-8H2. The Hall–Kier alpha value is -2.07. The normalized spacial score (nSPS) is 14.1. The molecule has 4 nitrogen and oxygen atoms in total. The Morgan fingerprint density at radius 1 is 1.00 bits per heavy atom. The summed E-state index contributed by atoms with van der Waals surface area (Å²) >= 11 is 5.85. The first kappa shape index (κ1) is 10.8. The molecular formula is C14H10ClN3O. The van der Waals surface area contributed by atoms with Crippen LogP contribution in [0, 0.1) is 0 Å². The third-order valence-electron chi connectivity index (χ3n) is 3.32. The van der Waals surface area contributed by atoms with Gasteiger partial charge in [0.25, 0.3) is 0 Å². The van der Waals surface area contributed by atoms with Crippen LogP contribution in [0.3, 0.4) is 0 Å². The molecular weight excluding hydrogens is 262 g/mol. The Bertz CT molecular complexity index is 743. The summed E-state index contributed by atoms with van der Waals surface area (Å²) in [5.41, 5.74) is 3.85. The van der Waals surface area contributed by atoms with Crippen molar-refractivity contribution >= 4 is 28.8 Å². The molecule has 0 radical (unpaired) electrons. The molecule has 0 saturated heterocycles. The molecule has 0 saturated carbocycles. The van der Waals surface area contributed by atoms with Gasteiger partial charge in [-0.2, -0.15) is 4.98 Å². The van der Waals surface area contributed by atoms with Crippen LogP contribution < -0.4 is 4.90 Å². The van der Waals surface area contributed by atoms with Crippen LogP contribution in [0.25, 0.3) is 11.2 Å². The van der Waals surface area contributed by atoms with Gasteiger partial charge in [-0.15, -0.1) is 0 Å². The van der Waals surface area contributed by atoms with E-state index in [0.29, 0.717) is 22.4 Å². The average molecular weight is 272 g/mol. The molecule has 0 spiro atoms. The minimum atomic E-state index is 0.428. The van der Waals surface area contributed by atoms with Gasteiger partial charge in [0.1, 0.15) is 5.15 Å². The summed E-state index contributed by atoms with van der Waals surface area (Å²) in [7, 11) is 0. The van der Waals surface area contributed by atoms with E-state index in [4.69, 9.17) is 16.0 Å². The maximum atomic E-state index is 5.85. The second-order valence-electron chi connectivity index (χ2n) is 4.58. The number of fused-ring (bicyclic) bond motifs is 2. The molecule has 1 aliphatic rings. The zero-order chi connectivity index (χ0) is 12.8. The van der Waals surface area contributed by atoms with E-state index >= 15 is 0 Å². The van der Waals surface area contributed by atoms with Crippen molar-refractivity contribution in [3.63, 3.8) is 0 Å². The van der Waals surface area contributed by atoms with Crippen LogP contribution in [0.2, 0.25) is 5.15 Å². The molecule has 3 aromatic rings. The zero-order valence-corrected chi connectivity index (χ0v) is 10.8. The van der Waals surface area contributed by atoms with Gasteiger partial charge in [-0.1, -0.05) is 35.9 Å². The number of halogens is 1. The molecule has 0 amide bonds. The van der Waals surface area contributed by atoms with Gasteiger partial charge in [0.05, 0.1) is 0 Å². The Morgan fingerprint density at radius 3 is 2.47 bits per heavy atom. The largest absolute Gasteiger partial charge is 0.422 e. The number of pyridine rings is 1. The Labute approximate surface area is 114 Å². The lowest BCUT2D eigenvalue weighted by molar-refractivity contribution is 0.573. The van der Waals surface area contributed by atoms with E-state index in [1.165, 1.54) is 11.1 Å². The van der Waals surface area contributed by atoms with Crippen molar-refractivity contribution in [3.05, 3.63) is 52.7 Å². The summed E-state index contributed by atoms with van der Waals surface area (Å²) in [6, 6.07) is 12.5. The number of hydrogen-bond donors (Lipinski definition) is 0. The number of anilines is 1. The zero-order valence-electron chi connectivity index (χ0n) is 10.0. The highest BCUT2D eigenvalue weighted by atomic mass is 35.5. The molecule has 3 heterocycles. The number of rotatable bonds is 1. The fourth-order valence-corrected chi connectivity index (χ4v) is 2.53. The van der Waals surface area contributed by atoms with Gasteiger partial charge < -0.3 is 9.32 Å². The highest BCUT2D eigenvalue weighted by Crippen LogP contribution is 2.29. The minimum absolute atomic E-state index is 0.428. The molecule has 19 heavy (non-hydrogen) atoms. The van der Waals surface area contributed by atoms with Crippen LogP contribution in [0.5, 0.6) is 0 Å². The van der Waals surface area contributed by atoms with Crippen molar-refractivity contribution in [2.45, 2.75) is 13.1 Å². The summed E-state index contributed by atoms with van der Waals surface area (Å²) in [4.78, 5) is 10.7. The van der Waals surface area contributed by atoms with Crippen molar-refractivity contribution in [1.82, 2.24) is 9.97 Å². The number of benzene rings is 1. The SMILES string of the molecule is Clc1ccc2oc(N3Cc4ccccc4C3)nc2n1. The Balaban J connectivity index is 1.73. The van der Waals surface area contributed by atoms with Crippen LogP contribution in [-0.4, -0.2) is 9.97 Å². The minimum Gasteiger partial charge on any atom is -0.422 e. The predicted molar refractivity (Wildman–Crippen MR) is 73.1 cm³/mol.